The Morgan fingerprint density at radius 3 is 3.16 bits per heavy atom. The van der Waals surface area contributed by atoms with E-state index < -0.39 is 0 Å². The van der Waals surface area contributed by atoms with Gasteiger partial charge in [0.2, 0.25) is 0 Å². The molecule has 1 aliphatic carbocycles. The number of nitrogens with zero attached hydrogens (tertiary/aromatic N) is 2. The van der Waals surface area contributed by atoms with E-state index in [0.29, 0.717) is 19.1 Å². The third-order valence-corrected chi connectivity index (χ3v) is 6.33. The van der Waals surface area contributed by atoms with E-state index in [1.165, 1.54) is 10.4 Å². The van der Waals surface area contributed by atoms with Crippen molar-refractivity contribution in [1.29, 1.82) is 0 Å². The molecule has 0 aliphatic heterocycles. The molecule has 0 spiro atoms. The second-order valence-corrected chi connectivity index (χ2v) is 8.58. The summed E-state index contributed by atoms with van der Waals surface area (Å²) in [5.74, 6) is 1.49. The lowest BCUT2D eigenvalue weighted by Crippen LogP contribution is -2.24. The summed E-state index contributed by atoms with van der Waals surface area (Å²) in [5.41, 5.74) is 1.30. The Hall–Kier alpha value is -1.66. The third kappa shape index (κ3) is 3.37. The molecule has 1 atom stereocenters. The van der Waals surface area contributed by atoms with Gasteiger partial charge in [0.15, 0.2) is 0 Å². The highest BCUT2D eigenvalue weighted by Gasteiger charge is 2.23. The zero-order valence-electron chi connectivity index (χ0n) is 14.0. The van der Waals surface area contributed by atoms with Crippen LogP contribution in [0.5, 0.6) is 5.75 Å². The lowest BCUT2D eigenvalue weighted by Gasteiger charge is -2.17. The SMILES string of the molecule is CC1CCc2c(sc3ncn(CCOc4cccc(Br)c4)c(=O)c23)C1. The molecular formula is C19H19BrN2O2S. The average Bonchev–Trinajstić information content (AvgIpc) is 2.95. The van der Waals surface area contributed by atoms with Crippen molar-refractivity contribution in [3.8, 4) is 5.75 Å². The molecule has 1 aromatic carbocycles. The molecule has 25 heavy (non-hydrogen) atoms. The average molecular weight is 419 g/mol. The molecule has 2 heterocycles. The predicted octanol–water partition coefficient (Wildman–Crippen LogP) is 4.42. The number of halogens is 1. The van der Waals surface area contributed by atoms with Gasteiger partial charge in [-0.2, -0.15) is 0 Å². The number of benzene rings is 1. The molecule has 4 rings (SSSR count). The first-order valence-electron chi connectivity index (χ1n) is 8.50. The van der Waals surface area contributed by atoms with Gasteiger partial charge in [0, 0.05) is 9.35 Å². The largest absolute Gasteiger partial charge is 0.492 e. The zero-order valence-corrected chi connectivity index (χ0v) is 16.4. The van der Waals surface area contributed by atoms with Crippen LogP contribution in [0, 0.1) is 5.92 Å². The molecular weight excluding hydrogens is 400 g/mol. The smallest absolute Gasteiger partial charge is 0.262 e. The molecule has 1 unspecified atom stereocenters. The van der Waals surface area contributed by atoms with Crippen molar-refractivity contribution < 1.29 is 4.74 Å². The van der Waals surface area contributed by atoms with Gasteiger partial charge >= 0.3 is 0 Å². The molecule has 0 fully saturated rings. The van der Waals surface area contributed by atoms with Gasteiger partial charge in [-0.3, -0.25) is 9.36 Å². The summed E-state index contributed by atoms with van der Waals surface area (Å²) in [6.07, 6.45) is 4.87. The molecule has 3 aromatic rings. The number of rotatable bonds is 4. The Labute approximate surface area is 158 Å². The molecule has 1 aliphatic rings. The van der Waals surface area contributed by atoms with E-state index in [-0.39, 0.29) is 5.56 Å². The quantitative estimate of drug-likeness (QED) is 0.629. The fourth-order valence-corrected chi connectivity index (χ4v) is 5.06. The summed E-state index contributed by atoms with van der Waals surface area (Å²) in [6.45, 7) is 3.21. The van der Waals surface area contributed by atoms with Crippen molar-refractivity contribution in [2.45, 2.75) is 32.7 Å². The minimum Gasteiger partial charge on any atom is -0.492 e. The summed E-state index contributed by atoms with van der Waals surface area (Å²) >= 11 is 5.12. The maximum Gasteiger partial charge on any atom is 0.262 e. The minimum atomic E-state index is 0.0647. The Kier molecular flexibility index (Phi) is 4.65. The zero-order chi connectivity index (χ0) is 17.4. The van der Waals surface area contributed by atoms with Crippen LogP contribution in [-0.4, -0.2) is 16.2 Å². The topological polar surface area (TPSA) is 44.1 Å². The first-order chi connectivity index (χ1) is 12.1. The Balaban J connectivity index is 1.56. The summed E-state index contributed by atoms with van der Waals surface area (Å²) in [7, 11) is 0. The van der Waals surface area contributed by atoms with Crippen LogP contribution < -0.4 is 10.3 Å². The number of ether oxygens (including phenoxy) is 1. The van der Waals surface area contributed by atoms with Crippen molar-refractivity contribution >= 4 is 37.5 Å². The first kappa shape index (κ1) is 16.8. The van der Waals surface area contributed by atoms with Gasteiger partial charge in [-0.05, 0) is 48.9 Å². The van der Waals surface area contributed by atoms with E-state index >= 15 is 0 Å². The van der Waals surface area contributed by atoms with Gasteiger partial charge < -0.3 is 4.74 Å². The molecule has 6 heteroatoms. The molecule has 0 bridgehead atoms. The van der Waals surface area contributed by atoms with Crippen molar-refractivity contribution in [3.63, 3.8) is 0 Å². The fraction of sp³-hybridized carbons (Fsp3) is 0.368. The number of aromatic nitrogens is 2. The maximum atomic E-state index is 12.9. The predicted molar refractivity (Wildman–Crippen MR) is 105 cm³/mol. The summed E-state index contributed by atoms with van der Waals surface area (Å²) < 4.78 is 8.40. The Morgan fingerprint density at radius 2 is 2.32 bits per heavy atom. The molecule has 4 nitrogen and oxygen atoms in total. The van der Waals surface area contributed by atoms with E-state index in [0.717, 1.165) is 39.7 Å². The number of thiophene rings is 1. The number of aryl methyl sites for hydroxylation is 1. The number of fused-ring (bicyclic) bond motifs is 3. The van der Waals surface area contributed by atoms with Crippen LogP contribution in [0.4, 0.5) is 0 Å². The third-order valence-electron chi connectivity index (χ3n) is 4.68. The highest BCUT2D eigenvalue weighted by atomic mass is 79.9. The number of hydrogen-bond donors (Lipinski definition) is 0. The Bertz CT molecular complexity index is 979. The summed E-state index contributed by atoms with van der Waals surface area (Å²) in [4.78, 5) is 19.7. The van der Waals surface area contributed by atoms with E-state index in [4.69, 9.17) is 4.74 Å². The van der Waals surface area contributed by atoms with Crippen LogP contribution in [0.2, 0.25) is 0 Å². The van der Waals surface area contributed by atoms with E-state index in [1.807, 2.05) is 24.3 Å². The monoisotopic (exact) mass is 418 g/mol. The lowest BCUT2D eigenvalue weighted by molar-refractivity contribution is 0.296. The van der Waals surface area contributed by atoms with Crippen LogP contribution in [0.25, 0.3) is 10.2 Å². The van der Waals surface area contributed by atoms with Gasteiger partial charge in [-0.25, -0.2) is 4.98 Å². The molecule has 0 amide bonds. The molecule has 130 valence electrons. The fourth-order valence-electron chi connectivity index (χ4n) is 3.34. The second-order valence-electron chi connectivity index (χ2n) is 6.58. The van der Waals surface area contributed by atoms with Gasteiger partial charge in [0.25, 0.3) is 5.56 Å². The van der Waals surface area contributed by atoms with E-state index in [1.54, 1.807) is 22.2 Å². The van der Waals surface area contributed by atoms with Crippen LogP contribution in [-0.2, 0) is 19.4 Å². The summed E-state index contributed by atoms with van der Waals surface area (Å²) in [5, 5.41) is 0.830. The first-order valence-corrected chi connectivity index (χ1v) is 10.1. The van der Waals surface area contributed by atoms with Crippen LogP contribution in [0.15, 0.2) is 39.9 Å². The molecule has 0 saturated heterocycles. The normalized spacial score (nSPS) is 16.8. The lowest BCUT2D eigenvalue weighted by atomic mass is 9.89. The molecule has 2 aromatic heterocycles. The van der Waals surface area contributed by atoms with Crippen molar-refractivity contribution in [3.05, 3.63) is 55.9 Å². The highest BCUT2D eigenvalue weighted by molar-refractivity contribution is 9.10. The maximum absolute atomic E-state index is 12.9. The molecule has 0 N–H and O–H groups in total. The van der Waals surface area contributed by atoms with Crippen LogP contribution >= 0.6 is 27.3 Å². The minimum absolute atomic E-state index is 0.0647. The van der Waals surface area contributed by atoms with Gasteiger partial charge in [-0.15, -0.1) is 11.3 Å². The van der Waals surface area contributed by atoms with Gasteiger partial charge in [0.05, 0.1) is 18.3 Å². The van der Waals surface area contributed by atoms with Crippen molar-refractivity contribution in [2.24, 2.45) is 5.92 Å². The van der Waals surface area contributed by atoms with Crippen LogP contribution in [0.1, 0.15) is 23.8 Å². The highest BCUT2D eigenvalue weighted by Crippen LogP contribution is 2.35. The van der Waals surface area contributed by atoms with Crippen molar-refractivity contribution in [1.82, 2.24) is 9.55 Å². The standard InChI is InChI=1S/C19H19BrN2O2S/c1-12-5-6-15-16(9-12)25-18-17(15)19(23)22(11-21-18)7-8-24-14-4-2-3-13(20)10-14/h2-4,10-12H,5-9H2,1H3. The van der Waals surface area contributed by atoms with E-state index in [2.05, 4.69) is 27.8 Å². The second kappa shape index (κ2) is 6.92. The molecule has 0 saturated carbocycles. The van der Waals surface area contributed by atoms with E-state index in [9.17, 15) is 4.79 Å². The number of hydrogen-bond acceptors (Lipinski definition) is 4. The van der Waals surface area contributed by atoms with Crippen molar-refractivity contribution in [2.75, 3.05) is 6.61 Å². The van der Waals surface area contributed by atoms with Gasteiger partial charge in [0.1, 0.15) is 17.2 Å². The summed E-state index contributed by atoms with van der Waals surface area (Å²) in [6, 6.07) is 7.71. The van der Waals surface area contributed by atoms with Crippen LogP contribution in [0.3, 0.4) is 0 Å². The van der Waals surface area contributed by atoms with Gasteiger partial charge in [-0.1, -0.05) is 28.9 Å². The Morgan fingerprint density at radius 1 is 1.44 bits per heavy atom. The molecule has 0 radical (unpaired) electrons.